The monoisotopic (exact) mass is 221 g/mol. The molecule has 3 heteroatoms. The molecular weight excluding hydrogens is 202 g/mol. The van der Waals surface area contributed by atoms with Gasteiger partial charge < -0.3 is 15.2 Å². The largest absolute Gasteiger partial charge is 0.488 e. The van der Waals surface area contributed by atoms with Crippen molar-refractivity contribution in [1.29, 1.82) is 0 Å². The van der Waals surface area contributed by atoms with E-state index in [2.05, 4.69) is 0 Å². The Balaban J connectivity index is 1.93. The second-order valence-electron chi connectivity index (χ2n) is 4.31. The Morgan fingerprint density at radius 3 is 2.69 bits per heavy atom. The molecule has 88 valence electrons. The van der Waals surface area contributed by atoms with Gasteiger partial charge in [-0.1, -0.05) is 12.1 Å². The normalized spacial score (nSPS) is 22.8. The van der Waals surface area contributed by atoms with E-state index in [0.29, 0.717) is 6.61 Å². The van der Waals surface area contributed by atoms with E-state index >= 15 is 0 Å². The zero-order valence-corrected chi connectivity index (χ0v) is 9.69. The highest BCUT2D eigenvalue weighted by Crippen LogP contribution is 2.19. The van der Waals surface area contributed by atoms with Gasteiger partial charge in [-0.3, -0.25) is 0 Å². The summed E-state index contributed by atoms with van der Waals surface area (Å²) in [6.45, 7) is 3.55. The Labute approximate surface area is 96.5 Å². The third-order valence-corrected chi connectivity index (χ3v) is 2.83. The van der Waals surface area contributed by atoms with E-state index in [1.54, 1.807) is 0 Å². The Morgan fingerprint density at radius 1 is 1.38 bits per heavy atom. The molecule has 0 bridgehead atoms. The van der Waals surface area contributed by atoms with Gasteiger partial charge >= 0.3 is 0 Å². The first-order valence-electron chi connectivity index (χ1n) is 5.85. The smallest absolute Gasteiger partial charge is 0.122 e. The minimum absolute atomic E-state index is 0.0760. The van der Waals surface area contributed by atoms with Crippen LogP contribution >= 0.6 is 0 Å². The molecule has 0 aromatic heterocycles. The standard InChI is InChI=1S/C13H19NO2/c1-10(14)11-4-6-12(7-5-11)16-13-3-2-8-15-9-13/h4-7,10,13H,2-3,8-9,14H2,1H3/t10-,13?/m1/s1. The molecule has 1 fully saturated rings. The van der Waals surface area contributed by atoms with Crippen molar-refractivity contribution in [2.45, 2.75) is 31.9 Å². The van der Waals surface area contributed by atoms with Crippen molar-refractivity contribution in [3.63, 3.8) is 0 Å². The van der Waals surface area contributed by atoms with Crippen molar-refractivity contribution < 1.29 is 9.47 Å². The molecule has 0 spiro atoms. The van der Waals surface area contributed by atoms with Crippen LogP contribution in [0, 0.1) is 0 Å². The summed E-state index contributed by atoms with van der Waals surface area (Å²) in [6, 6.07) is 8.07. The van der Waals surface area contributed by atoms with Crippen molar-refractivity contribution in [3.05, 3.63) is 29.8 Å². The third kappa shape index (κ3) is 2.97. The highest BCUT2D eigenvalue weighted by Gasteiger charge is 2.15. The van der Waals surface area contributed by atoms with E-state index in [9.17, 15) is 0 Å². The second kappa shape index (κ2) is 5.32. The van der Waals surface area contributed by atoms with E-state index in [1.165, 1.54) is 0 Å². The van der Waals surface area contributed by atoms with Crippen molar-refractivity contribution >= 4 is 0 Å². The maximum Gasteiger partial charge on any atom is 0.122 e. The molecule has 1 aliphatic rings. The minimum Gasteiger partial charge on any atom is -0.488 e. The predicted octanol–water partition coefficient (Wildman–Crippen LogP) is 2.26. The van der Waals surface area contributed by atoms with Crippen molar-refractivity contribution in [3.8, 4) is 5.75 Å². The quantitative estimate of drug-likeness (QED) is 0.851. The van der Waals surface area contributed by atoms with Crippen LogP contribution in [0.5, 0.6) is 5.75 Å². The molecule has 0 saturated carbocycles. The Hall–Kier alpha value is -1.06. The number of nitrogens with two attached hydrogens (primary N) is 1. The molecule has 2 atom stereocenters. The van der Waals surface area contributed by atoms with Gasteiger partial charge in [0, 0.05) is 12.6 Å². The molecule has 1 aromatic carbocycles. The molecule has 1 unspecified atom stereocenters. The van der Waals surface area contributed by atoms with Crippen molar-refractivity contribution in [2.75, 3.05) is 13.2 Å². The first kappa shape index (κ1) is 11.4. The van der Waals surface area contributed by atoms with Gasteiger partial charge in [0.15, 0.2) is 0 Å². The number of hydrogen-bond acceptors (Lipinski definition) is 3. The van der Waals surface area contributed by atoms with E-state index < -0.39 is 0 Å². The van der Waals surface area contributed by atoms with Crippen molar-refractivity contribution in [2.24, 2.45) is 5.73 Å². The first-order valence-corrected chi connectivity index (χ1v) is 5.85. The van der Waals surface area contributed by atoms with Crippen LogP contribution in [0.1, 0.15) is 31.4 Å². The summed E-state index contributed by atoms with van der Waals surface area (Å²) in [5.74, 6) is 0.903. The average molecular weight is 221 g/mol. The summed E-state index contributed by atoms with van der Waals surface area (Å²) in [6.07, 6.45) is 2.37. The first-order chi connectivity index (χ1) is 7.75. The van der Waals surface area contributed by atoms with E-state index in [1.807, 2.05) is 31.2 Å². The topological polar surface area (TPSA) is 44.5 Å². The van der Waals surface area contributed by atoms with Gasteiger partial charge in [-0.2, -0.15) is 0 Å². The molecule has 0 aliphatic carbocycles. The minimum atomic E-state index is 0.0760. The number of hydrogen-bond donors (Lipinski definition) is 1. The van der Waals surface area contributed by atoms with Crippen LogP contribution in [0.4, 0.5) is 0 Å². The lowest BCUT2D eigenvalue weighted by atomic mass is 10.1. The fraction of sp³-hybridized carbons (Fsp3) is 0.538. The van der Waals surface area contributed by atoms with Crippen LogP contribution in [-0.2, 0) is 4.74 Å². The average Bonchev–Trinajstić information content (AvgIpc) is 2.31. The SMILES string of the molecule is C[C@@H](N)c1ccc(OC2CCCOC2)cc1. The van der Waals surface area contributed by atoms with Crippen LogP contribution < -0.4 is 10.5 Å². The summed E-state index contributed by atoms with van der Waals surface area (Å²) in [5, 5.41) is 0. The van der Waals surface area contributed by atoms with Gasteiger partial charge in [-0.15, -0.1) is 0 Å². The van der Waals surface area contributed by atoms with E-state index in [-0.39, 0.29) is 12.1 Å². The predicted molar refractivity (Wildman–Crippen MR) is 63.5 cm³/mol. The molecule has 1 heterocycles. The lowest BCUT2D eigenvalue weighted by Crippen LogP contribution is -2.27. The maximum absolute atomic E-state index is 5.82. The van der Waals surface area contributed by atoms with Crippen LogP contribution in [0.3, 0.4) is 0 Å². The summed E-state index contributed by atoms with van der Waals surface area (Å²) in [5.41, 5.74) is 6.92. The van der Waals surface area contributed by atoms with Gasteiger partial charge in [0.1, 0.15) is 11.9 Å². The molecule has 3 nitrogen and oxygen atoms in total. The molecule has 1 aromatic rings. The molecule has 0 amide bonds. The number of rotatable bonds is 3. The molecule has 2 N–H and O–H groups in total. The van der Waals surface area contributed by atoms with Gasteiger partial charge in [0.05, 0.1) is 6.61 Å². The lowest BCUT2D eigenvalue weighted by molar-refractivity contribution is 0.00742. The molecule has 0 radical (unpaired) electrons. The van der Waals surface area contributed by atoms with Crippen LogP contribution in [-0.4, -0.2) is 19.3 Å². The van der Waals surface area contributed by atoms with Gasteiger partial charge in [0.25, 0.3) is 0 Å². The van der Waals surface area contributed by atoms with Crippen LogP contribution in [0.15, 0.2) is 24.3 Å². The van der Waals surface area contributed by atoms with Crippen LogP contribution in [0.25, 0.3) is 0 Å². The zero-order valence-electron chi connectivity index (χ0n) is 9.69. The molecular formula is C13H19NO2. The number of benzene rings is 1. The van der Waals surface area contributed by atoms with Crippen molar-refractivity contribution in [1.82, 2.24) is 0 Å². The fourth-order valence-corrected chi connectivity index (χ4v) is 1.85. The van der Waals surface area contributed by atoms with Gasteiger partial charge in [-0.25, -0.2) is 0 Å². The third-order valence-electron chi connectivity index (χ3n) is 2.83. The number of ether oxygens (including phenoxy) is 2. The van der Waals surface area contributed by atoms with Gasteiger partial charge in [-0.05, 0) is 37.5 Å². The lowest BCUT2D eigenvalue weighted by Gasteiger charge is -2.23. The Morgan fingerprint density at radius 2 is 2.12 bits per heavy atom. The molecule has 1 saturated heterocycles. The van der Waals surface area contributed by atoms with Gasteiger partial charge in [0.2, 0.25) is 0 Å². The summed E-state index contributed by atoms with van der Waals surface area (Å²) < 4.78 is 11.2. The summed E-state index contributed by atoms with van der Waals surface area (Å²) in [4.78, 5) is 0. The molecule has 1 aliphatic heterocycles. The van der Waals surface area contributed by atoms with Crippen LogP contribution in [0.2, 0.25) is 0 Å². The zero-order chi connectivity index (χ0) is 11.4. The highest BCUT2D eigenvalue weighted by atomic mass is 16.5. The molecule has 16 heavy (non-hydrogen) atoms. The second-order valence-corrected chi connectivity index (χ2v) is 4.31. The summed E-state index contributed by atoms with van der Waals surface area (Å²) >= 11 is 0. The maximum atomic E-state index is 5.82. The van der Waals surface area contributed by atoms with E-state index in [4.69, 9.17) is 15.2 Å². The van der Waals surface area contributed by atoms with E-state index in [0.717, 1.165) is 30.8 Å². The fourth-order valence-electron chi connectivity index (χ4n) is 1.85. The Bertz CT molecular complexity index is 315. The highest BCUT2D eigenvalue weighted by molar-refractivity contribution is 5.28. The molecule has 2 rings (SSSR count). The summed E-state index contributed by atoms with van der Waals surface area (Å²) in [7, 11) is 0. The Kier molecular flexibility index (Phi) is 3.80.